The Morgan fingerprint density at radius 2 is 1.11 bits per heavy atom. The van der Waals surface area contributed by atoms with Crippen molar-refractivity contribution >= 4 is 134 Å². The molecule has 0 bridgehead atoms. The zero-order chi connectivity index (χ0) is 45.5. The minimum Gasteiger partial charge on any atom is -0.340 e. The van der Waals surface area contributed by atoms with Crippen molar-refractivity contribution < 1.29 is 20.4 Å². The topological polar surface area (TPSA) is 33.4 Å². The third kappa shape index (κ3) is 6.15. The van der Waals surface area contributed by atoms with Crippen LogP contribution in [-0.2, 0) is 20.4 Å². The van der Waals surface area contributed by atoms with Crippen LogP contribution in [0.25, 0.3) is 47.5 Å². The summed E-state index contributed by atoms with van der Waals surface area (Å²) in [5.74, 6) is 0.939. The van der Waals surface area contributed by atoms with Crippen molar-refractivity contribution in [3.63, 3.8) is 0 Å². The minimum atomic E-state index is -3.22. The van der Waals surface area contributed by atoms with E-state index in [1.807, 2.05) is 23.7 Å². The van der Waals surface area contributed by atoms with Gasteiger partial charge < -0.3 is 9.30 Å². The number of pyridine rings is 2. The Balaban J connectivity index is 0.00000480. The molecule has 0 N–H and O–H groups in total. The molecule has 0 saturated carbocycles. The van der Waals surface area contributed by atoms with Gasteiger partial charge in [-0.25, -0.2) is 4.98 Å². The molecular formula is C62H40N4PdSSi2. The summed E-state index contributed by atoms with van der Waals surface area (Å²) in [6.45, 7) is 0. The molecule has 1 aliphatic heterocycles. The Hall–Kier alpha value is -7.54. The third-order valence-electron chi connectivity index (χ3n) is 14.5. The number of fused-ring (bicyclic) bond motifs is 11. The Morgan fingerprint density at radius 3 is 1.84 bits per heavy atom. The summed E-state index contributed by atoms with van der Waals surface area (Å²) in [7, 11) is -6.22. The maximum Gasteiger partial charge on any atom is 2.00 e. The Labute approximate surface area is 425 Å². The molecule has 0 unspecified atom stereocenters. The van der Waals surface area contributed by atoms with Crippen molar-refractivity contribution in [1.82, 2.24) is 14.4 Å². The molecule has 0 saturated heterocycles. The third-order valence-corrected chi connectivity index (χ3v) is 25.0. The average molecular weight is 1040 g/mol. The van der Waals surface area contributed by atoms with Crippen LogP contribution in [0, 0.1) is 12.1 Å². The molecule has 13 aromatic rings. The summed E-state index contributed by atoms with van der Waals surface area (Å²) in [6.07, 6.45) is 5.93. The van der Waals surface area contributed by atoms with Gasteiger partial charge in [0, 0.05) is 50.0 Å². The van der Waals surface area contributed by atoms with Crippen LogP contribution in [-0.4, -0.2) is 30.5 Å². The zero-order valence-corrected chi connectivity index (χ0v) is 42.0. The van der Waals surface area contributed by atoms with Gasteiger partial charge in [0.2, 0.25) is 0 Å². The van der Waals surface area contributed by atoms with Gasteiger partial charge in [0.1, 0.15) is 13.9 Å². The smallest absolute Gasteiger partial charge is 0.340 e. The van der Waals surface area contributed by atoms with E-state index < -0.39 is 16.1 Å². The fourth-order valence-corrected chi connectivity index (χ4v) is 22.4. The number of rotatable bonds is 7. The molecule has 5 heterocycles. The number of para-hydroxylation sites is 1. The zero-order valence-electron chi connectivity index (χ0n) is 37.6. The molecular weight excluding hydrogens is 995 g/mol. The van der Waals surface area contributed by atoms with E-state index in [4.69, 9.17) is 9.97 Å². The fourth-order valence-electron chi connectivity index (χ4n) is 11.6. The van der Waals surface area contributed by atoms with Gasteiger partial charge >= 0.3 is 20.4 Å². The van der Waals surface area contributed by atoms with Crippen molar-refractivity contribution in [2.45, 2.75) is 0 Å². The van der Waals surface area contributed by atoms with E-state index in [0.29, 0.717) is 0 Å². The number of aromatic nitrogens is 3. The average Bonchev–Trinajstić information content (AvgIpc) is 4.07. The number of imidazole rings is 1. The summed E-state index contributed by atoms with van der Waals surface area (Å²) in [5, 5.41) is 15.9. The SMILES string of the molecule is [Pd+2].[c-]1c(N2c3cc4c(cc3[Si](c3ccccc3)(c3ccccc3)c3cccnc32)sc2ccccc24)cccc1[Si](c1[c-]c2c(cc1)c1ccccc1n1ccnc21)(c1ccccc1)c1ccccc1. The van der Waals surface area contributed by atoms with Gasteiger partial charge in [-0.3, -0.25) is 4.98 Å². The normalized spacial score (nSPS) is 13.1. The molecule has 0 aliphatic carbocycles. The van der Waals surface area contributed by atoms with Gasteiger partial charge in [-0.1, -0.05) is 175 Å². The maximum absolute atomic E-state index is 5.44. The second-order valence-electron chi connectivity index (χ2n) is 17.9. The number of hydrogen-bond acceptors (Lipinski definition) is 4. The molecule has 1 aliphatic rings. The van der Waals surface area contributed by atoms with Crippen molar-refractivity contribution in [1.29, 1.82) is 0 Å². The Bertz CT molecular complexity index is 4030. The molecule has 332 valence electrons. The van der Waals surface area contributed by atoms with Crippen LogP contribution in [0.3, 0.4) is 0 Å². The molecule has 8 heteroatoms. The Morgan fingerprint density at radius 1 is 0.471 bits per heavy atom. The van der Waals surface area contributed by atoms with Crippen LogP contribution in [0.1, 0.15) is 0 Å². The van der Waals surface area contributed by atoms with Crippen LogP contribution < -0.4 is 46.4 Å². The quantitative estimate of drug-likeness (QED) is 0.0691. The Kier molecular flexibility index (Phi) is 10.2. The maximum atomic E-state index is 5.44. The van der Waals surface area contributed by atoms with Crippen LogP contribution >= 0.6 is 11.3 Å². The fraction of sp³-hybridized carbons (Fsp3) is 0. The molecule has 4 aromatic heterocycles. The van der Waals surface area contributed by atoms with Gasteiger partial charge in [0.15, 0.2) is 8.07 Å². The largest absolute Gasteiger partial charge is 2.00 e. The van der Waals surface area contributed by atoms with E-state index in [-0.39, 0.29) is 20.4 Å². The van der Waals surface area contributed by atoms with E-state index in [2.05, 4.69) is 252 Å². The number of anilines is 3. The van der Waals surface area contributed by atoms with Crippen LogP contribution in [0.2, 0.25) is 0 Å². The van der Waals surface area contributed by atoms with Gasteiger partial charge in [0.05, 0.1) is 5.65 Å². The van der Waals surface area contributed by atoms with E-state index in [9.17, 15) is 0 Å². The van der Waals surface area contributed by atoms with E-state index in [0.717, 1.165) is 49.5 Å². The first-order valence-electron chi connectivity index (χ1n) is 23.4. The van der Waals surface area contributed by atoms with Gasteiger partial charge in [-0.05, 0) is 66.8 Å². The monoisotopic (exact) mass is 1030 g/mol. The molecule has 0 fully saturated rings. The van der Waals surface area contributed by atoms with Gasteiger partial charge in [0.25, 0.3) is 0 Å². The summed E-state index contributed by atoms with van der Waals surface area (Å²) in [6, 6.07) is 91.4. The number of thiophene rings is 1. The summed E-state index contributed by atoms with van der Waals surface area (Å²) in [5.41, 5.74) is 4.12. The summed E-state index contributed by atoms with van der Waals surface area (Å²) < 4.78 is 4.78. The standard InChI is InChI=1S/C62H40N4SSi2.Pd/c1-5-20-44(21-6-1)68(45-22-7-2-8-23-45,49-34-35-50-51-29-13-15-31-55(51)65-38-37-64-61(65)54(50)40-49)48-28-17-19-43(39-48)66-56-41-53-52-30-14-16-32-57(52)67-58(53)42-60(56)69(46-24-9-3-10-25-46,47-26-11-4-12-27-47)59-33-18-36-63-62(59)66;/h1-38,41-42H;/q-2;+2. The molecule has 0 radical (unpaired) electrons. The second-order valence-corrected chi connectivity index (χ2v) is 26.4. The molecule has 0 spiro atoms. The summed E-state index contributed by atoms with van der Waals surface area (Å²) >= 11 is 1.88. The second kappa shape index (κ2) is 16.9. The summed E-state index contributed by atoms with van der Waals surface area (Å²) in [4.78, 5) is 12.8. The molecule has 4 nitrogen and oxygen atoms in total. The van der Waals surface area contributed by atoms with Crippen molar-refractivity contribution in [3.05, 3.63) is 255 Å². The first-order valence-corrected chi connectivity index (χ1v) is 28.2. The van der Waals surface area contributed by atoms with E-state index >= 15 is 0 Å². The van der Waals surface area contributed by atoms with Crippen molar-refractivity contribution in [2.75, 3.05) is 4.90 Å². The number of benzene rings is 9. The van der Waals surface area contributed by atoms with Crippen LogP contribution in [0.15, 0.2) is 243 Å². The molecule has 9 aromatic carbocycles. The van der Waals surface area contributed by atoms with Gasteiger partial charge in [-0.2, -0.15) is 23.4 Å². The first-order chi connectivity index (χ1) is 34.2. The molecule has 14 rings (SSSR count). The van der Waals surface area contributed by atoms with E-state index in [1.165, 1.54) is 56.7 Å². The first kappa shape index (κ1) is 42.6. The predicted octanol–water partition coefficient (Wildman–Crippen LogP) is 9.54. The molecule has 0 amide bonds. The molecule has 70 heavy (non-hydrogen) atoms. The van der Waals surface area contributed by atoms with Crippen molar-refractivity contribution in [2.24, 2.45) is 0 Å². The van der Waals surface area contributed by atoms with Crippen LogP contribution in [0.5, 0.6) is 0 Å². The van der Waals surface area contributed by atoms with E-state index in [1.54, 1.807) is 0 Å². The van der Waals surface area contributed by atoms with Gasteiger partial charge in [-0.15, -0.1) is 46.2 Å². The molecule has 0 atom stereocenters. The van der Waals surface area contributed by atoms with Crippen molar-refractivity contribution in [3.8, 4) is 0 Å². The number of hydrogen-bond donors (Lipinski definition) is 0. The van der Waals surface area contributed by atoms with Crippen LogP contribution in [0.4, 0.5) is 17.2 Å². The minimum absolute atomic E-state index is 0. The number of nitrogens with zero attached hydrogens (tertiary/aromatic N) is 4. The predicted molar refractivity (Wildman–Crippen MR) is 294 cm³/mol.